The van der Waals surface area contributed by atoms with Crippen molar-refractivity contribution >= 4 is 12.1 Å². The average Bonchev–Trinajstić information content (AvgIpc) is 2.54. The Kier molecular flexibility index (Phi) is 6.37. The lowest BCUT2D eigenvalue weighted by Gasteiger charge is -2.07. The molecule has 1 N–H and O–H groups in total. The molecular formula is C19H22N2O3. The SMILES string of the molecule is CCOc1ccccc1C=NNC(=O)COc1cc(C)cc(C)c1. The molecule has 0 aliphatic carbocycles. The third kappa shape index (κ3) is 5.43. The van der Waals surface area contributed by atoms with E-state index in [2.05, 4.69) is 10.5 Å². The van der Waals surface area contributed by atoms with Crippen molar-refractivity contribution in [1.29, 1.82) is 0 Å². The van der Waals surface area contributed by atoms with Gasteiger partial charge in [-0.2, -0.15) is 5.10 Å². The van der Waals surface area contributed by atoms with Crippen LogP contribution >= 0.6 is 0 Å². The van der Waals surface area contributed by atoms with E-state index in [1.54, 1.807) is 6.21 Å². The second-order valence-corrected chi connectivity index (χ2v) is 5.38. The lowest BCUT2D eigenvalue weighted by molar-refractivity contribution is -0.123. The third-order valence-corrected chi connectivity index (χ3v) is 3.18. The Labute approximate surface area is 142 Å². The number of nitrogens with one attached hydrogen (secondary N) is 1. The number of para-hydroxylation sites is 1. The molecule has 0 unspecified atom stereocenters. The van der Waals surface area contributed by atoms with E-state index in [4.69, 9.17) is 9.47 Å². The Morgan fingerprint density at radius 3 is 2.54 bits per heavy atom. The summed E-state index contributed by atoms with van der Waals surface area (Å²) < 4.78 is 11.0. The number of hydrogen-bond donors (Lipinski definition) is 1. The monoisotopic (exact) mass is 326 g/mol. The van der Waals surface area contributed by atoms with Crippen molar-refractivity contribution in [2.75, 3.05) is 13.2 Å². The first-order chi connectivity index (χ1) is 11.6. The maximum atomic E-state index is 11.8. The van der Waals surface area contributed by atoms with Crippen LogP contribution in [0.15, 0.2) is 47.6 Å². The van der Waals surface area contributed by atoms with Gasteiger partial charge in [-0.1, -0.05) is 18.2 Å². The van der Waals surface area contributed by atoms with E-state index in [0.717, 1.165) is 22.4 Å². The fraction of sp³-hybridized carbons (Fsp3) is 0.263. The zero-order valence-corrected chi connectivity index (χ0v) is 14.2. The van der Waals surface area contributed by atoms with Gasteiger partial charge in [0.15, 0.2) is 6.61 Å². The van der Waals surface area contributed by atoms with Crippen molar-refractivity contribution in [3.8, 4) is 11.5 Å². The van der Waals surface area contributed by atoms with E-state index in [9.17, 15) is 4.79 Å². The van der Waals surface area contributed by atoms with Crippen LogP contribution in [0.1, 0.15) is 23.6 Å². The molecule has 2 rings (SSSR count). The van der Waals surface area contributed by atoms with Crippen molar-refractivity contribution in [2.24, 2.45) is 5.10 Å². The number of ether oxygens (including phenoxy) is 2. The van der Waals surface area contributed by atoms with Gasteiger partial charge in [-0.15, -0.1) is 0 Å². The molecule has 0 saturated carbocycles. The first-order valence-corrected chi connectivity index (χ1v) is 7.83. The van der Waals surface area contributed by atoms with Crippen LogP contribution in [0.3, 0.4) is 0 Å². The Morgan fingerprint density at radius 1 is 1.12 bits per heavy atom. The standard InChI is InChI=1S/C19H22N2O3/c1-4-23-18-8-6-5-7-16(18)12-20-21-19(22)13-24-17-10-14(2)9-15(3)11-17/h5-12H,4,13H2,1-3H3,(H,21,22). The van der Waals surface area contributed by atoms with Crippen LogP contribution in [-0.2, 0) is 4.79 Å². The number of hydrogen-bond acceptors (Lipinski definition) is 4. The lowest BCUT2D eigenvalue weighted by atomic mass is 10.1. The van der Waals surface area contributed by atoms with Crippen molar-refractivity contribution in [2.45, 2.75) is 20.8 Å². The van der Waals surface area contributed by atoms with Crippen molar-refractivity contribution in [3.63, 3.8) is 0 Å². The fourth-order valence-electron chi connectivity index (χ4n) is 2.25. The summed E-state index contributed by atoms with van der Waals surface area (Å²) >= 11 is 0. The normalized spacial score (nSPS) is 10.6. The Balaban J connectivity index is 1.87. The summed E-state index contributed by atoms with van der Waals surface area (Å²) in [5.41, 5.74) is 5.44. The minimum atomic E-state index is -0.320. The van der Waals surface area contributed by atoms with Crippen LogP contribution in [0.25, 0.3) is 0 Å². The predicted molar refractivity (Wildman–Crippen MR) is 94.8 cm³/mol. The molecule has 5 heteroatoms. The van der Waals surface area contributed by atoms with Gasteiger partial charge >= 0.3 is 0 Å². The Morgan fingerprint density at radius 2 is 1.83 bits per heavy atom. The molecular weight excluding hydrogens is 304 g/mol. The molecule has 126 valence electrons. The highest BCUT2D eigenvalue weighted by Gasteiger charge is 2.03. The highest BCUT2D eigenvalue weighted by molar-refractivity contribution is 5.85. The highest BCUT2D eigenvalue weighted by atomic mass is 16.5. The molecule has 2 aromatic carbocycles. The van der Waals surface area contributed by atoms with Gasteiger partial charge in [0.1, 0.15) is 11.5 Å². The van der Waals surface area contributed by atoms with Crippen molar-refractivity contribution < 1.29 is 14.3 Å². The highest BCUT2D eigenvalue weighted by Crippen LogP contribution is 2.16. The maximum absolute atomic E-state index is 11.8. The molecule has 0 aromatic heterocycles. The molecule has 2 aromatic rings. The molecule has 0 radical (unpaired) electrons. The van der Waals surface area contributed by atoms with Gasteiger partial charge in [-0.3, -0.25) is 4.79 Å². The summed E-state index contributed by atoms with van der Waals surface area (Å²) in [6.07, 6.45) is 1.56. The van der Waals surface area contributed by atoms with Crippen LogP contribution in [0.5, 0.6) is 11.5 Å². The summed E-state index contributed by atoms with van der Waals surface area (Å²) in [7, 11) is 0. The zero-order valence-electron chi connectivity index (χ0n) is 14.2. The van der Waals surface area contributed by atoms with Gasteiger partial charge in [0.25, 0.3) is 5.91 Å². The van der Waals surface area contributed by atoms with Crippen molar-refractivity contribution in [3.05, 3.63) is 59.2 Å². The molecule has 0 bridgehead atoms. The summed E-state index contributed by atoms with van der Waals surface area (Å²) in [6.45, 7) is 6.37. The molecule has 5 nitrogen and oxygen atoms in total. The van der Waals surface area contributed by atoms with Gasteiger partial charge in [0.2, 0.25) is 0 Å². The van der Waals surface area contributed by atoms with E-state index in [-0.39, 0.29) is 12.5 Å². The number of amides is 1. The van der Waals surface area contributed by atoms with E-state index >= 15 is 0 Å². The first kappa shape index (κ1) is 17.5. The Bertz CT molecular complexity index is 706. The minimum Gasteiger partial charge on any atom is -0.493 e. The van der Waals surface area contributed by atoms with Gasteiger partial charge < -0.3 is 9.47 Å². The summed E-state index contributed by atoms with van der Waals surface area (Å²) in [5.74, 6) is 1.08. The van der Waals surface area contributed by atoms with Gasteiger partial charge in [0, 0.05) is 5.56 Å². The maximum Gasteiger partial charge on any atom is 0.277 e. The molecule has 0 fully saturated rings. The van der Waals surface area contributed by atoms with E-state index in [0.29, 0.717) is 12.4 Å². The van der Waals surface area contributed by atoms with Crippen molar-refractivity contribution in [1.82, 2.24) is 5.43 Å². The quantitative estimate of drug-likeness (QED) is 0.628. The van der Waals surface area contributed by atoms with Gasteiger partial charge in [-0.25, -0.2) is 5.43 Å². The average molecular weight is 326 g/mol. The predicted octanol–water partition coefficient (Wildman–Crippen LogP) is 3.23. The number of hydrazone groups is 1. The smallest absolute Gasteiger partial charge is 0.277 e. The molecule has 24 heavy (non-hydrogen) atoms. The van der Waals surface area contributed by atoms with E-state index in [1.807, 2.05) is 63.2 Å². The van der Waals surface area contributed by atoms with Crippen LogP contribution in [-0.4, -0.2) is 25.3 Å². The summed E-state index contributed by atoms with van der Waals surface area (Å²) in [6, 6.07) is 13.3. The number of aryl methyl sites for hydroxylation is 2. The summed E-state index contributed by atoms with van der Waals surface area (Å²) in [4.78, 5) is 11.8. The number of benzene rings is 2. The number of rotatable bonds is 7. The number of carbonyl (C=O) groups is 1. The first-order valence-electron chi connectivity index (χ1n) is 7.83. The molecule has 0 aliphatic rings. The van der Waals surface area contributed by atoms with Gasteiger partial charge in [-0.05, 0) is 56.2 Å². The molecule has 0 heterocycles. The lowest BCUT2D eigenvalue weighted by Crippen LogP contribution is -2.24. The fourth-order valence-corrected chi connectivity index (χ4v) is 2.25. The molecule has 1 amide bonds. The van der Waals surface area contributed by atoms with Gasteiger partial charge in [0.05, 0.1) is 12.8 Å². The molecule has 0 atom stereocenters. The van der Waals surface area contributed by atoms with Crippen LogP contribution < -0.4 is 14.9 Å². The molecule has 0 saturated heterocycles. The second kappa shape index (κ2) is 8.72. The molecule has 0 spiro atoms. The van der Waals surface area contributed by atoms with E-state index in [1.165, 1.54) is 0 Å². The largest absolute Gasteiger partial charge is 0.493 e. The van der Waals surface area contributed by atoms with Crippen LogP contribution in [0.2, 0.25) is 0 Å². The summed E-state index contributed by atoms with van der Waals surface area (Å²) in [5, 5.41) is 3.95. The second-order valence-electron chi connectivity index (χ2n) is 5.38. The molecule has 0 aliphatic heterocycles. The van der Waals surface area contributed by atoms with Crippen LogP contribution in [0, 0.1) is 13.8 Å². The zero-order chi connectivity index (χ0) is 17.4. The topological polar surface area (TPSA) is 59.9 Å². The van der Waals surface area contributed by atoms with E-state index < -0.39 is 0 Å². The number of nitrogens with zero attached hydrogens (tertiary/aromatic N) is 1. The van der Waals surface area contributed by atoms with Crippen LogP contribution in [0.4, 0.5) is 0 Å². The Hall–Kier alpha value is -2.82. The third-order valence-electron chi connectivity index (χ3n) is 3.18. The minimum absolute atomic E-state index is 0.0899. The number of carbonyl (C=O) groups excluding carboxylic acids is 1.